The van der Waals surface area contributed by atoms with Gasteiger partial charge in [0.2, 0.25) is 0 Å². The zero-order valence-corrected chi connectivity index (χ0v) is 13.5. The number of pyridine rings is 1. The molecule has 8 heteroatoms. The van der Waals surface area contributed by atoms with Gasteiger partial charge in [-0.2, -0.15) is 0 Å². The van der Waals surface area contributed by atoms with E-state index in [4.69, 9.17) is 0 Å². The second kappa shape index (κ2) is 6.50. The van der Waals surface area contributed by atoms with Crippen LogP contribution in [0.5, 0.6) is 0 Å². The molecule has 0 aliphatic rings. The van der Waals surface area contributed by atoms with Gasteiger partial charge in [-0.3, -0.25) is 4.72 Å². The van der Waals surface area contributed by atoms with Crippen LogP contribution in [-0.2, 0) is 16.6 Å². The van der Waals surface area contributed by atoms with E-state index >= 15 is 0 Å². The molecule has 5 nitrogen and oxygen atoms in total. The van der Waals surface area contributed by atoms with E-state index in [-0.39, 0.29) is 5.82 Å². The largest absolute Gasteiger partial charge is 0.316 e. The van der Waals surface area contributed by atoms with Crippen molar-refractivity contribution in [2.24, 2.45) is 0 Å². The highest BCUT2D eigenvalue weighted by atomic mass is 79.9. The lowest BCUT2D eigenvalue weighted by molar-refractivity contribution is 0.569. The first-order chi connectivity index (χ1) is 9.92. The van der Waals surface area contributed by atoms with E-state index in [0.29, 0.717) is 16.6 Å². The van der Waals surface area contributed by atoms with E-state index in [1.807, 2.05) is 0 Å². The fourth-order valence-electron chi connectivity index (χ4n) is 1.70. The standard InChI is InChI=1S/C13H13BrFN3O2S/c1-16-7-9-2-4-11(15)12(6-9)21(19,20)18-13-5-3-10(14)8-17-13/h2-6,8,16H,7H2,1H3,(H,17,18). The van der Waals surface area contributed by atoms with E-state index < -0.39 is 20.7 Å². The van der Waals surface area contributed by atoms with Crippen LogP contribution in [0.3, 0.4) is 0 Å². The molecule has 0 amide bonds. The second-order valence-corrected chi connectivity index (χ2v) is 6.83. The average Bonchev–Trinajstić information content (AvgIpc) is 2.43. The predicted octanol–water partition coefficient (Wildman–Crippen LogP) is 2.50. The Balaban J connectivity index is 2.34. The van der Waals surface area contributed by atoms with Gasteiger partial charge in [-0.25, -0.2) is 17.8 Å². The molecule has 0 unspecified atom stereocenters. The highest BCUT2D eigenvalue weighted by molar-refractivity contribution is 9.10. The minimum absolute atomic E-state index is 0.122. The summed E-state index contributed by atoms with van der Waals surface area (Å²) in [6.45, 7) is 0.444. The van der Waals surface area contributed by atoms with E-state index in [2.05, 4.69) is 31.0 Å². The first-order valence-electron chi connectivity index (χ1n) is 6.00. The highest BCUT2D eigenvalue weighted by Crippen LogP contribution is 2.20. The van der Waals surface area contributed by atoms with E-state index in [0.717, 1.165) is 6.07 Å². The predicted molar refractivity (Wildman–Crippen MR) is 81.9 cm³/mol. The maximum Gasteiger partial charge on any atom is 0.265 e. The third kappa shape index (κ3) is 3.99. The number of nitrogens with zero attached hydrogens (tertiary/aromatic N) is 1. The van der Waals surface area contributed by atoms with Gasteiger partial charge >= 0.3 is 0 Å². The summed E-state index contributed by atoms with van der Waals surface area (Å²) in [5.74, 6) is -0.684. The van der Waals surface area contributed by atoms with Gasteiger partial charge in [0.15, 0.2) is 0 Å². The molecule has 0 aliphatic carbocycles. The molecule has 0 atom stereocenters. The van der Waals surface area contributed by atoms with Crippen molar-refractivity contribution in [1.82, 2.24) is 10.3 Å². The van der Waals surface area contributed by atoms with Crippen molar-refractivity contribution in [3.63, 3.8) is 0 Å². The molecular formula is C13H13BrFN3O2S. The zero-order chi connectivity index (χ0) is 15.5. The minimum atomic E-state index is -4.03. The third-order valence-electron chi connectivity index (χ3n) is 2.63. The molecule has 0 bridgehead atoms. The monoisotopic (exact) mass is 373 g/mol. The van der Waals surface area contributed by atoms with Gasteiger partial charge in [-0.05, 0) is 52.8 Å². The van der Waals surface area contributed by atoms with Gasteiger partial charge in [-0.15, -0.1) is 0 Å². The number of aromatic nitrogens is 1. The molecule has 1 aromatic carbocycles. The normalized spacial score (nSPS) is 11.4. The number of anilines is 1. The fraction of sp³-hybridized carbons (Fsp3) is 0.154. The molecule has 2 N–H and O–H groups in total. The van der Waals surface area contributed by atoms with Crippen LogP contribution in [0.15, 0.2) is 45.9 Å². The SMILES string of the molecule is CNCc1ccc(F)c(S(=O)(=O)Nc2ccc(Br)cn2)c1. The molecule has 1 heterocycles. The van der Waals surface area contributed by atoms with Crippen molar-refractivity contribution in [3.8, 4) is 0 Å². The van der Waals surface area contributed by atoms with Gasteiger partial charge < -0.3 is 5.32 Å². The Morgan fingerprint density at radius 2 is 2.05 bits per heavy atom. The molecule has 0 aliphatic heterocycles. The zero-order valence-electron chi connectivity index (χ0n) is 11.1. The Morgan fingerprint density at radius 3 is 2.67 bits per heavy atom. The topological polar surface area (TPSA) is 71.1 Å². The lowest BCUT2D eigenvalue weighted by atomic mass is 10.2. The molecule has 0 radical (unpaired) electrons. The number of sulfonamides is 1. The molecule has 2 aromatic rings. The van der Waals surface area contributed by atoms with Crippen molar-refractivity contribution in [2.75, 3.05) is 11.8 Å². The lowest BCUT2D eigenvalue weighted by Gasteiger charge is -2.10. The molecule has 0 fully saturated rings. The van der Waals surface area contributed by atoms with Crippen LogP contribution >= 0.6 is 15.9 Å². The molecule has 0 saturated carbocycles. The molecule has 21 heavy (non-hydrogen) atoms. The van der Waals surface area contributed by atoms with Crippen LogP contribution in [0.1, 0.15) is 5.56 Å². The van der Waals surface area contributed by atoms with Crippen LogP contribution in [-0.4, -0.2) is 20.4 Å². The van der Waals surface area contributed by atoms with Crippen molar-refractivity contribution in [3.05, 3.63) is 52.4 Å². The van der Waals surface area contributed by atoms with Gasteiger partial charge in [0.05, 0.1) is 0 Å². The summed E-state index contributed by atoms with van der Waals surface area (Å²) in [6, 6.07) is 7.08. The Kier molecular flexibility index (Phi) is 4.92. The maximum atomic E-state index is 13.8. The summed E-state index contributed by atoms with van der Waals surface area (Å²) in [6.07, 6.45) is 1.45. The molecule has 0 saturated heterocycles. The number of rotatable bonds is 5. The Labute approximate surface area is 130 Å². The molecular weight excluding hydrogens is 361 g/mol. The van der Waals surface area contributed by atoms with Crippen LogP contribution in [0.4, 0.5) is 10.2 Å². The van der Waals surface area contributed by atoms with Crippen LogP contribution in [0.2, 0.25) is 0 Å². The Hall–Kier alpha value is -1.51. The van der Waals surface area contributed by atoms with E-state index in [1.54, 1.807) is 13.1 Å². The smallest absolute Gasteiger partial charge is 0.265 e. The van der Waals surface area contributed by atoms with Crippen LogP contribution < -0.4 is 10.0 Å². The van der Waals surface area contributed by atoms with Crippen molar-refractivity contribution < 1.29 is 12.8 Å². The van der Waals surface area contributed by atoms with Crippen LogP contribution in [0.25, 0.3) is 0 Å². The third-order valence-corrected chi connectivity index (χ3v) is 4.47. The van der Waals surface area contributed by atoms with Gasteiger partial charge in [0, 0.05) is 17.2 Å². The molecule has 112 valence electrons. The average molecular weight is 374 g/mol. The van der Waals surface area contributed by atoms with Gasteiger partial charge in [-0.1, -0.05) is 6.07 Å². The quantitative estimate of drug-likeness (QED) is 0.844. The summed E-state index contributed by atoms with van der Waals surface area (Å²) in [5.41, 5.74) is 0.669. The summed E-state index contributed by atoms with van der Waals surface area (Å²) in [7, 11) is -2.30. The number of nitrogens with one attached hydrogen (secondary N) is 2. The Morgan fingerprint density at radius 1 is 1.29 bits per heavy atom. The molecule has 0 spiro atoms. The number of halogens is 2. The Bertz CT molecular complexity index is 736. The fourth-order valence-corrected chi connectivity index (χ4v) is 3.07. The van der Waals surface area contributed by atoms with Crippen molar-refractivity contribution in [2.45, 2.75) is 11.4 Å². The number of hydrogen-bond acceptors (Lipinski definition) is 4. The summed E-state index contributed by atoms with van der Waals surface area (Å²) in [4.78, 5) is 3.50. The van der Waals surface area contributed by atoms with Crippen molar-refractivity contribution >= 4 is 31.8 Å². The first kappa shape index (κ1) is 15.9. The number of benzene rings is 1. The van der Waals surface area contributed by atoms with E-state index in [1.165, 1.54) is 24.4 Å². The van der Waals surface area contributed by atoms with E-state index in [9.17, 15) is 12.8 Å². The molecule has 1 aromatic heterocycles. The van der Waals surface area contributed by atoms with Crippen molar-refractivity contribution in [1.29, 1.82) is 0 Å². The summed E-state index contributed by atoms with van der Waals surface area (Å²) in [5, 5.41) is 2.88. The second-order valence-electron chi connectivity index (χ2n) is 4.26. The van der Waals surface area contributed by atoms with Crippen LogP contribution in [0, 0.1) is 5.82 Å². The summed E-state index contributed by atoms with van der Waals surface area (Å²) >= 11 is 3.20. The summed E-state index contributed by atoms with van der Waals surface area (Å²) < 4.78 is 41.3. The lowest BCUT2D eigenvalue weighted by Crippen LogP contribution is -2.16. The number of hydrogen-bond donors (Lipinski definition) is 2. The highest BCUT2D eigenvalue weighted by Gasteiger charge is 2.20. The van der Waals surface area contributed by atoms with Gasteiger partial charge in [0.25, 0.3) is 10.0 Å². The maximum absolute atomic E-state index is 13.8. The molecule has 2 rings (SSSR count). The van der Waals surface area contributed by atoms with Gasteiger partial charge in [0.1, 0.15) is 16.5 Å². The minimum Gasteiger partial charge on any atom is -0.316 e. The first-order valence-corrected chi connectivity index (χ1v) is 8.27.